The fourth-order valence-electron chi connectivity index (χ4n) is 1.97. The molecular weight excluding hydrogens is 254 g/mol. The molecule has 0 amide bonds. The van der Waals surface area contributed by atoms with Crippen molar-refractivity contribution in [2.75, 3.05) is 6.54 Å². The van der Waals surface area contributed by atoms with Gasteiger partial charge in [0.2, 0.25) is 0 Å². The van der Waals surface area contributed by atoms with Crippen LogP contribution in [0.2, 0.25) is 0 Å². The SMILES string of the molecule is Cc1nc(CNCC(N)CCc2ccccc2)cs1. The second-order valence-electron chi connectivity index (χ2n) is 4.77. The van der Waals surface area contributed by atoms with Crippen molar-refractivity contribution < 1.29 is 0 Å². The Labute approximate surface area is 118 Å². The number of thiazole rings is 1. The van der Waals surface area contributed by atoms with E-state index >= 15 is 0 Å². The first-order valence-corrected chi connectivity index (χ1v) is 7.53. The van der Waals surface area contributed by atoms with E-state index in [-0.39, 0.29) is 6.04 Å². The molecule has 1 aromatic heterocycles. The van der Waals surface area contributed by atoms with Gasteiger partial charge in [-0.3, -0.25) is 0 Å². The topological polar surface area (TPSA) is 50.9 Å². The minimum absolute atomic E-state index is 0.194. The molecule has 0 spiro atoms. The summed E-state index contributed by atoms with van der Waals surface area (Å²) >= 11 is 1.69. The van der Waals surface area contributed by atoms with Crippen LogP contribution < -0.4 is 11.1 Å². The van der Waals surface area contributed by atoms with Crippen molar-refractivity contribution in [3.8, 4) is 0 Å². The quantitative estimate of drug-likeness (QED) is 0.816. The smallest absolute Gasteiger partial charge is 0.0897 e. The molecule has 2 aromatic rings. The average Bonchev–Trinajstić information content (AvgIpc) is 2.83. The van der Waals surface area contributed by atoms with Crippen LogP contribution in [0.5, 0.6) is 0 Å². The van der Waals surface area contributed by atoms with E-state index in [0.29, 0.717) is 0 Å². The number of benzene rings is 1. The molecule has 0 aliphatic heterocycles. The van der Waals surface area contributed by atoms with Crippen LogP contribution in [-0.2, 0) is 13.0 Å². The third kappa shape index (κ3) is 5.11. The number of nitrogens with two attached hydrogens (primary N) is 1. The summed E-state index contributed by atoms with van der Waals surface area (Å²) in [5.74, 6) is 0. The second-order valence-corrected chi connectivity index (χ2v) is 5.84. The molecule has 0 fully saturated rings. The molecule has 102 valence electrons. The molecule has 0 saturated heterocycles. The van der Waals surface area contributed by atoms with Crippen LogP contribution in [0.15, 0.2) is 35.7 Å². The van der Waals surface area contributed by atoms with Crippen LogP contribution >= 0.6 is 11.3 Å². The molecule has 1 unspecified atom stereocenters. The number of rotatable bonds is 7. The van der Waals surface area contributed by atoms with Crippen LogP contribution in [-0.4, -0.2) is 17.6 Å². The largest absolute Gasteiger partial charge is 0.327 e. The van der Waals surface area contributed by atoms with Gasteiger partial charge >= 0.3 is 0 Å². The van der Waals surface area contributed by atoms with Crippen molar-refractivity contribution >= 4 is 11.3 Å². The maximum Gasteiger partial charge on any atom is 0.0897 e. The van der Waals surface area contributed by atoms with Gasteiger partial charge in [-0.05, 0) is 25.3 Å². The Balaban J connectivity index is 1.63. The van der Waals surface area contributed by atoms with E-state index in [4.69, 9.17) is 5.73 Å². The summed E-state index contributed by atoms with van der Waals surface area (Å²) in [7, 11) is 0. The van der Waals surface area contributed by atoms with Crippen molar-refractivity contribution in [2.24, 2.45) is 5.73 Å². The maximum atomic E-state index is 6.11. The first kappa shape index (κ1) is 14.2. The lowest BCUT2D eigenvalue weighted by molar-refractivity contribution is 0.541. The number of aromatic nitrogens is 1. The van der Waals surface area contributed by atoms with Gasteiger partial charge < -0.3 is 11.1 Å². The van der Waals surface area contributed by atoms with Crippen LogP contribution in [0.25, 0.3) is 0 Å². The Hall–Kier alpha value is -1.23. The molecule has 1 heterocycles. The zero-order valence-corrected chi connectivity index (χ0v) is 12.1. The highest BCUT2D eigenvalue weighted by Crippen LogP contribution is 2.07. The van der Waals surface area contributed by atoms with Crippen molar-refractivity contribution in [3.63, 3.8) is 0 Å². The fourth-order valence-corrected chi connectivity index (χ4v) is 2.59. The molecule has 2 rings (SSSR count). The minimum Gasteiger partial charge on any atom is -0.327 e. The second kappa shape index (κ2) is 7.38. The Bertz CT molecular complexity index is 481. The predicted molar refractivity (Wildman–Crippen MR) is 81.3 cm³/mol. The van der Waals surface area contributed by atoms with Gasteiger partial charge in [0.25, 0.3) is 0 Å². The molecule has 3 nitrogen and oxygen atoms in total. The fraction of sp³-hybridized carbons (Fsp3) is 0.400. The van der Waals surface area contributed by atoms with Gasteiger partial charge in [0.1, 0.15) is 0 Å². The molecule has 0 aliphatic carbocycles. The number of nitrogens with zero attached hydrogens (tertiary/aromatic N) is 1. The van der Waals surface area contributed by atoms with Gasteiger partial charge in [0, 0.05) is 24.5 Å². The van der Waals surface area contributed by atoms with E-state index in [1.807, 2.05) is 13.0 Å². The standard InChI is InChI=1S/C15H21N3S/c1-12-18-15(11-19-12)10-17-9-14(16)8-7-13-5-3-2-4-6-13/h2-6,11,14,17H,7-10,16H2,1H3. The summed E-state index contributed by atoms with van der Waals surface area (Å²) < 4.78 is 0. The first-order chi connectivity index (χ1) is 9.24. The average molecular weight is 275 g/mol. The Morgan fingerprint density at radius 1 is 1.32 bits per heavy atom. The van der Waals surface area contributed by atoms with Gasteiger partial charge in [0.05, 0.1) is 10.7 Å². The summed E-state index contributed by atoms with van der Waals surface area (Å²) in [5, 5.41) is 6.58. The van der Waals surface area contributed by atoms with Crippen molar-refractivity contribution in [3.05, 3.63) is 52.0 Å². The van der Waals surface area contributed by atoms with Gasteiger partial charge in [0.15, 0.2) is 0 Å². The zero-order valence-electron chi connectivity index (χ0n) is 11.3. The number of hydrogen-bond acceptors (Lipinski definition) is 4. The highest BCUT2D eigenvalue weighted by molar-refractivity contribution is 7.09. The minimum atomic E-state index is 0.194. The summed E-state index contributed by atoms with van der Waals surface area (Å²) in [6, 6.07) is 10.7. The molecule has 0 aliphatic rings. The molecule has 19 heavy (non-hydrogen) atoms. The van der Waals surface area contributed by atoms with Crippen molar-refractivity contribution in [1.29, 1.82) is 0 Å². The van der Waals surface area contributed by atoms with Gasteiger partial charge in [-0.1, -0.05) is 30.3 Å². The lowest BCUT2D eigenvalue weighted by atomic mass is 10.1. The monoisotopic (exact) mass is 275 g/mol. The molecule has 0 radical (unpaired) electrons. The van der Waals surface area contributed by atoms with E-state index in [2.05, 4.69) is 39.9 Å². The normalized spacial score (nSPS) is 12.5. The maximum absolute atomic E-state index is 6.11. The Kier molecular flexibility index (Phi) is 5.51. The van der Waals surface area contributed by atoms with Crippen molar-refractivity contribution in [1.82, 2.24) is 10.3 Å². The highest BCUT2D eigenvalue weighted by atomic mass is 32.1. The van der Waals surface area contributed by atoms with Gasteiger partial charge in [-0.2, -0.15) is 0 Å². The van der Waals surface area contributed by atoms with E-state index in [0.717, 1.165) is 36.6 Å². The summed E-state index contributed by atoms with van der Waals surface area (Å²) in [6.45, 7) is 3.67. The third-order valence-electron chi connectivity index (χ3n) is 3.03. The first-order valence-electron chi connectivity index (χ1n) is 6.65. The third-order valence-corrected chi connectivity index (χ3v) is 3.85. The molecule has 1 atom stereocenters. The van der Waals surface area contributed by atoms with Crippen molar-refractivity contribution in [2.45, 2.75) is 32.4 Å². The molecule has 0 saturated carbocycles. The number of nitrogens with one attached hydrogen (secondary N) is 1. The summed E-state index contributed by atoms with van der Waals surface area (Å²) in [5.41, 5.74) is 8.57. The van der Waals surface area contributed by atoms with Crippen LogP contribution in [0.1, 0.15) is 22.7 Å². The Morgan fingerprint density at radius 3 is 2.79 bits per heavy atom. The van der Waals surface area contributed by atoms with E-state index in [1.54, 1.807) is 11.3 Å². The Morgan fingerprint density at radius 2 is 2.11 bits per heavy atom. The van der Waals surface area contributed by atoms with Gasteiger partial charge in [-0.25, -0.2) is 4.98 Å². The number of hydrogen-bond donors (Lipinski definition) is 2. The van der Waals surface area contributed by atoms with Crippen LogP contribution in [0.4, 0.5) is 0 Å². The van der Waals surface area contributed by atoms with E-state index in [1.165, 1.54) is 5.56 Å². The lowest BCUT2D eigenvalue weighted by Gasteiger charge is -2.12. The van der Waals surface area contributed by atoms with Crippen LogP contribution in [0.3, 0.4) is 0 Å². The van der Waals surface area contributed by atoms with Crippen LogP contribution in [0, 0.1) is 6.92 Å². The number of aryl methyl sites for hydroxylation is 2. The van der Waals surface area contributed by atoms with E-state index in [9.17, 15) is 0 Å². The molecule has 4 heteroatoms. The molecule has 1 aromatic carbocycles. The summed E-state index contributed by atoms with van der Waals surface area (Å²) in [4.78, 5) is 4.42. The lowest BCUT2D eigenvalue weighted by Crippen LogP contribution is -2.34. The highest BCUT2D eigenvalue weighted by Gasteiger charge is 2.04. The molecular formula is C15H21N3S. The summed E-state index contributed by atoms with van der Waals surface area (Å²) in [6.07, 6.45) is 2.05. The zero-order chi connectivity index (χ0) is 13.5. The predicted octanol–water partition coefficient (Wildman–Crippen LogP) is 2.50. The van der Waals surface area contributed by atoms with E-state index < -0.39 is 0 Å². The molecule has 3 N–H and O–H groups in total. The molecule has 0 bridgehead atoms. The van der Waals surface area contributed by atoms with Gasteiger partial charge in [-0.15, -0.1) is 11.3 Å².